The van der Waals surface area contributed by atoms with Crippen molar-refractivity contribution in [2.45, 2.75) is 6.54 Å². The van der Waals surface area contributed by atoms with Crippen LogP contribution < -0.4 is 19.7 Å². The Labute approximate surface area is 252 Å². The summed E-state index contributed by atoms with van der Waals surface area (Å²) in [7, 11) is 1.60. The minimum Gasteiger partial charge on any atom is -0.497 e. The lowest BCUT2D eigenvalue weighted by Gasteiger charge is -2.21. The molecule has 4 aromatic carbocycles. The number of hydrogen-bond acceptors (Lipinski definition) is 5. The van der Waals surface area contributed by atoms with Crippen LogP contribution in [0.1, 0.15) is 11.1 Å². The number of anilines is 2. The van der Waals surface area contributed by atoms with Crippen molar-refractivity contribution in [2.24, 2.45) is 0 Å². The van der Waals surface area contributed by atoms with Gasteiger partial charge in [-0.2, -0.15) is 0 Å². The van der Waals surface area contributed by atoms with Crippen LogP contribution in [0.4, 0.5) is 11.4 Å². The Hall–Kier alpha value is -4.47. The summed E-state index contributed by atoms with van der Waals surface area (Å²) >= 11 is 9.36. The highest BCUT2D eigenvalue weighted by Gasteiger charge is 2.39. The number of benzene rings is 4. The van der Waals surface area contributed by atoms with Crippen LogP contribution in [0.5, 0.6) is 11.5 Å². The minimum atomic E-state index is -0.301. The molecule has 1 fully saturated rings. The van der Waals surface area contributed by atoms with Gasteiger partial charge in [-0.15, -0.1) is 0 Å². The fourth-order valence-corrected chi connectivity index (χ4v) is 5.06. The molecule has 0 spiro atoms. The molecule has 0 unspecified atom stereocenters. The molecule has 5 rings (SSSR count). The number of thiocarbonyl (C=S) groups is 1. The number of hydrogen-bond donors (Lipinski definition) is 1. The topological polar surface area (TPSA) is 71.1 Å². The molecular weight excluding hydrogens is 602 g/mol. The van der Waals surface area contributed by atoms with E-state index in [4.69, 9.17) is 21.7 Å². The predicted octanol–water partition coefficient (Wildman–Crippen LogP) is 6.65. The first kappa shape index (κ1) is 28.1. The van der Waals surface area contributed by atoms with E-state index in [1.807, 2.05) is 84.9 Å². The van der Waals surface area contributed by atoms with E-state index in [0.29, 0.717) is 45.8 Å². The Balaban J connectivity index is 1.47. The third-order valence-corrected chi connectivity index (χ3v) is 7.22. The minimum absolute atomic E-state index is 0.207. The van der Waals surface area contributed by atoms with Crippen molar-refractivity contribution in [3.05, 3.63) is 124 Å². The SMILES string of the molecule is COc1ccc(N2C(=S)N(Cc3ccccc3)C(=O)/C2=C\c2cc(Br)ccc2OCC(=O)Nc2ccccc2)cc1. The van der Waals surface area contributed by atoms with Gasteiger partial charge in [0.1, 0.15) is 17.2 Å². The summed E-state index contributed by atoms with van der Waals surface area (Å²) < 4.78 is 12.0. The smallest absolute Gasteiger partial charge is 0.277 e. The van der Waals surface area contributed by atoms with Crippen LogP contribution in [-0.4, -0.2) is 35.5 Å². The second-order valence-electron chi connectivity index (χ2n) is 9.11. The number of methoxy groups -OCH3 is 1. The van der Waals surface area contributed by atoms with Crippen molar-refractivity contribution in [1.82, 2.24) is 4.90 Å². The van der Waals surface area contributed by atoms with Crippen molar-refractivity contribution in [3.8, 4) is 11.5 Å². The van der Waals surface area contributed by atoms with Gasteiger partial charge in [-0.3, -0.25) is 19.4 Å². The zero-order chi connectivity index (χ0) is 28.8. The Morgan fingerprint density at radius 2 is 1.63 bits per heavy atom. The van der Waals surface area contributed by atoms with Gasteiger partial charge in [0.05, 0.1) is 13.7 Å². The first-order valence-electron chi connectivity index (χ1n) is 12.8. The number of carbonyl (C=O) groups excluding carboxylic acids is 2. The number of rotatable bonds is 9. The van der Waals surface area contributed by atoms with Crippen molar-refractivity contribution < 1.29 is 19.1 Å². The maximum atomic E-state index is 13.9. The van der Waals surface area contributed by atoms with Gasteiger partial charge in [0.25, 0.3) is 11.8 Å². The number of para-hydroxylation sites is 1. The number of nitrogens with zero attached hydrogens (tertiary/aromatic N) is 2. The molecule has 1 N–H and O–H groups in total. The molecule has 7 nitrogen and oxygen atoms in total. The van der Waals surface area contributed by atoms with Gasteiger partial charge in [0.15, 0.2) is 11.7 Å². The maximum Gasteiger partial charge on any atom is 0.277 e. The summed E-state index contributed by atoms with van der Waals surface area (Å²) in [5.74, 6) is 0.583. The van der Waals surface area contributed by atoms with Gasteiger partial charge in [-0.25, -0.2) is 0 Å². The van der Waals surface area contributed by atoms with Crippen molar-refractivity contribution >= 4 is 62.5 Å². The molecule has 41 heavy (non-hydrogen) atoms. The first-order chi connectivity index (χ1) is 19.9. The Morgan fingerprint density at radius 1 is 0.951 bits per heavy atom. The normalized spacial score (nSPS) is 14.0. The predicted molar refractivity (Wildman–Crippen MR) is 168 cm³/mol. The van der Waals surface area contributed by atoms with E-state index >= 15 is 0 Å². The fourth-order valence-electron chi connectivity index (χ4n) is 4.33. The molecule has 206 valence electrons. The number of nitrogens with one attached hydrogen (secondary N) is 1. The van der Waals surface area contributed by atoms with Gasteiger partial charge in [-0.1, -0.05) is 64.5 Å². The molecule has 0 radical (unpaired) electrons. The average molecular weight is 629 g/mol. The van der Waals surface area contributed by atoms with E-state index in [-0.39, 0.29) is 18.4 Å². The summed E-state index contributed by atoms with van der Waals surface area (Å²) in [6.45, 7) is 0.116. The van der Waals surface area contributed by atoms with Crippen LogP contribution in [0.15, 0.2) is 113 Å². The van der Waals surface area contributed by atoms with E-state index in [1.165, 1.54) is 0 Å². The second kappa shape index (κ2) is 12.8. The van der Waals surface area contributed by atoms with E-state index in [1.54, 1.807) is 41.2 Å². The van der Waals surface area contributed by atoms with E-state index in [2.05, 4.69) is 21.2 Å². The summed E-state index contributed by atoms with van der Waals surface area (Å²) in [5, 5.41) is 3.17. The van der Waals surface area contributed by atoms with Gasteiger partial charge in [-0.05, 0) is 78.5 Å². The lowest BCUT2D eigenvalue weighted by Crippen LogP contribution is -2.32. The molecule has 9 heteroatoms. The highest BCUT2D eigenvalue weighted by Crippen LogP contribution is 2.34. The molecule has 1 saturated heterocycles. The summed E-state index contributed by atoms with van der Waals surface area (Å²) in [4.78, 5) is 29.8. The molecule has 2 amide bonds. The van der Waals surface area contributed by atoms with Crippen LogP contribution in [0.2, 0.25) is 0 Å². The highest BCUT2D eigenvalue weighted by atomic mass is 79.9. The van der Waals surface area contributed by atoms with Crippen molar-refractivity contribution in [2.75, 3.05) is 23.9 Å². The molecular formula is C32H26BrN3O4S. The monoisotopic (exact) mass is 627 g/mol. The van der Waals surface area contributed by atoms with Gasteiger partial charge >= 0.3 is 0 Å². The molecule has 1 aliphatic heterocycles. The lowest BCUT2D eigenvalue weighted by atomic mass is 10.1. The maximum absolute atomic E-state index is 13.9. The molecule has 0 saturated carbocycles. The van der Waals surface area contributed by atoms with Crippen LogP contribution in [0.3, 0.4) is 0 Å². The summed E-state index contributed by atoms with van der Waals surface area (Å²) in [5.41, 5.74) is 3.31. The van der Waals surface area contributed by atoms with Crippen molar-refractivity contribution in [3.63, 3.8) is 0 Å². The third-order valence-electron chi connectivity index (χ3n) is 6.32. The fraction of sp³-hybridized carbons (Fsp3) is 0.0938. The Kier molecular flexibility index (Phi) is 8.76. The molecule has 0 aliphatic carbocycles. The Bertz CT molecular complexity index is 1590. The number of halogens is 1. The number of amides is 2. The van der Waals surface area contributed by atoms with Gasteiger partial charge in [0.2, 0.25) is 0 Å². The second-order valence-corrected chi connectivity index (χ2v) is 10.4. The molecule has 0 bridgehead atoms. The van der Waals surface area contributed by atoms with Crippen molar-refractivity contribution in [1.29, 1.82) is 0 Å². The molecule has 1 aliphatic rings. The average Bonchev–Trinajstić information content (AvgIpc) is 3.22. The van der Waals surface area contributed by atoms with Gasteiger partial charge in [0, 0.05) is 21.4 Å². The van der Waals surface area contributed by atoms with E-state index < -0.39 is 0 Å². The number of ether oxygens (including phenoxy) is 2. The van der Waals surface area contributed by atoms with Crippen LogP contribution >= 0.6 is 28.1 Å². The zero-order valence-corrected chi connectivity index (χ0v) is 24.5. The molecule has 0 atom stereocenters. The quantitative estimate of drug-likeness (QED) is 0.165. The van der Waals surface area contributed by atoms with E-state index in [0.717, 1.165) is 10.0 Å². The van der Waals surface area contributed by atoms with Crippen LogP contribution in [-0.2, 0) is 16.1 Å². The molecule has 1 heterocycles. The largest absolute Gasteiger partial charge is 0.497 e. The summed E-state index contributed by atoms with van der Waals surface area (Å²) in [6.07, 6.45) is 1.74. The Morgan fingerprint density at radius 3 is 2.32 bits per heavy atom. The van der Waals surface area contributed by atoms with Crippen LogP contribution in [0, 0.1) is 0 Å². The summed E-state index contributed by atoms with van der Waals surface area (Å²) in [6, 6.07) is 31.6. The highest BCUT2D eigenvalue weighted by molar-refractivity contribution is 9.10. The number of carbonyl (C=O) groups is 2. The standard InChI is InChI=1S/C32H26BrN3O4S/c1-39-27-15-13-26(14-16-27)36-28(31(38)35(32(36)41)20-22-8-4-2-5-9-22)19-23-18-24(33)12-17-29(23)40-21-30(37)34-25-10-6-3-7-11-25/h2-19H,20-21H2,1H3,(H,34,37)/b28-19+. The zero-order valence-electron chi connectivity index (χ0n) is 22.1. The van der Waals surface area contributed by atoms with E-state index in [9.17, 15) is 9.59 Å². The first-order valence-corrected chi connectivity index (χ1v) is 14.0. The van der Waals surface area contributed by atoms with Gasteiger partial charge < -0.3 is 14.8 Å². The third kappa shape index (κ3) is 6.65. The lowest BCUT2D eigenvalue weighted by molar-refractivity contribution is -0.122. The van der Waals surface area contributed by atoms with Crippen LogP contribution in [0.25, 0.3) is 6.08 Å². The molecule has 0 aromatic heterocycles. The molecule has 4 aromatic rings.